The molecule has 76 valence electrons. The Morgan fingerprint density at radius 2 is 1.08 bits per heavy atom. The molecule has 0 aromatic carbocycles. The molecule has 0 aromatic rings. The summed E-state index contributed by atoms with van der Waals surface area (Å²) in [5.74, 6) is -3.65. The summed E-state index contributed by atoms with van der Waals surface area (Å²) in [6.45, 7) is 0. The van der Waals surface area contributed by atoms with Gasteiger partial charge < -0.3 is 17.8 Å². The van der Waals surface area contributed by atoms with Crippen LogP contribution >= 0.6 is 0 Å². The van der Waals surface area contributed by atoms with Gasteiger partial charge in [-0.15, -0.1) is 0 Å². The maximum atomic E-state index is 9.10. The van der Waals surface area contributed by atoms with Crippen LogP contribution in [0.1, 0.15) is 1.43 Å². The molecular weight excluding hydrogens is 260 g/mol. The second-order valence-electron chi connectivity index (χ2n) is 1.01. The fraction of sp³-hybridized carbons (Fsp3) is 0. The number of hydrogen-bond acceptors (Lipinski definition) is 6. The zero-order chi connectivity index (χ0) is 9.65. The Morgan fingerprint density at radius 1 is 1.00 bits per heavy atom. The summed E-state index contributed by atoms with van der Waals surface area (Å²) >= 11 is -5.38. The fourth-order valence-electron chi connectivity index (χ4n) is 0. The van der Waals surface area contributed by atoms with Crippen molar-refractivity contribution in [1.82, 2.24) is 6.15 Å². The molecule has 0 fully saturated rings. The van der Waals surface area contributed by atoms with Crippen LogP contribution in [0.5, 0.6) is 0 Å². The van der Waals surface area contributed by atoms with Gasteiger partial charge in [0.25, 0.3) is 0 Å². The van der Waals surface area contributed by atoms with Gasteiger partial charge in [0.15, 0.2) is 0 Å². The van der Waals surface area contributed by atoms with Crippen LogP contribution in [0.4, 0.5) is 0 Å². The Bertz CT molecular complexity index is 277. The number of hydrogen-bond donors (Lipinski definition) is 4. The number of carbonyl (C=O) groups is 2. The monoisotopic (exact) mass is 267 g/mol. The first kappa shape index (κ1) is 23.3. The van der Waals surface area contributed by atoms with Crippen molar-refractivity contribution in [2.45, 2.75) is 0 Å². The van der Waals surface area contributed by atoms with Gasteiger partial charge in [0.1, 0.15) is 0 Å². The van der Waals surface area contributed by atoms with Crippen molar-refractivity contribution in [1.29, 1.82) is 0 Å². The standard InChI is InChI=1S/C2H2O4.K.Mn.H3N.H2O.3O.H/c3-1(4)2(5)6;;;;;;;;/h(H,3,4)(H,5,6);;;1H3;1H2;;;;/q;2*+1;;;;;;-1/p-1. The van der Waals surface area contributed by atoms with E-state index in [1.165, 1.54) is 0 Å². The van der Waals surface area contributed by atoms with Crippen molar-refractivity contribution >= 4 is 11.9 Å². The quantitative estimate of drug-likeness (QED) is 0.248. The van der Waals surface area contributed by atoms with Gasteiger partial charge in [-0.05, 0) is 0 Å². The molecule has 0 amide bonds. The van der Waals surface area contributed by atoms with Crippen molar-refractivity contribution in [3.63, 3.8) is 0 Å². The first-order chi connectivity index (χ1) is 4.64. The van der Waals surface area contributed by atoms with Crippen molar-refractivity contribution in [3.8, 4) is 0 Å². The molecule has 0 aliphatic carbocycles. The molecule has 0 unspecified atom stereocenters. The summed E-state index contributed by atoms with van der Waals surface area (Å²) in [5, 5.41) is 14.8. The summed E-state index contributed by atoms with van der Waals surface area (Å²) in [7, 11) is 0. The van der Waals surface area contributed by atoms with Crippen LogP contribution in [0.25, 0.3) is 0 Å². The van der Waals surface area contributed by atoms with E-state index in [1.54, 1.807) is 0 Å². The second kappa shape index (κ2) is 10.5. The molecule has 0 saturated carbocycles. The summed E-state index contributed by atoms with van der Waals surface area (Å²) < 4.78 is 33.1. The average molecular weight is 267 g/mol. The van der Waals surface area contributed by atoms with Gasteiger partial charge >= 0.3 is 92.0 Å². The Balaban J connectivity index is -0.0000000321. The fourth-order valence-corrected chi connectivity index (χ4v) is 0. The third-order valence-electron chi connectivity index (χ3n) is 0.183. The molecule has 0 bridgehead atoms. The number of carboxylic acids is 2. The average Bonchev–Trinajstić information content (AvgIpc) is 1.59. The Morgan fingerprint density at radius 3 is 1.08 bits per heavy atom. The van der Waals surface area contributed by atoms with Crippen LogP contribution in [-0.2, 0) is 34.1 Å². The van der Waals surface area contributed by atoms with E-state index in [4.69, 9.17) is 35.5 Å². The summed E-state index contributed by atoms with van der Waals surface area (Å²) in [4.78, 5) is 18.2. The summed E-state index contributed by atoms with van der Waals surface area (Å²) in [5.41, 5.74) is 0. The van der Waals surface area contributed by atoms with E-state index in [9.17, 15) is 0 Å². The van der Waals surface area contributed by atoms with Gasteiger partial charge in [0.2, 0.25) is 0 Å². The molecule has 6 N–H and O–H groups in total. The Labute approximate surface area is 118 Å². The van der Waals surface area contributed by atoms with Crippen LogP contribution in [0, 0.1) is 0 Å². The molecule has 0 radical (unpaired) electrons. The van der Waals surface area contributed by atoms with E-state index in [-0.39, 0.29) is 59.0 Å². The van der Waals surface area contributed by atoms with Crippen molar-refractivity contribution in [3.05, 3.63) is 0 Å². The van der Waals surface area contributed by atoms with Gasteiger partial charge in [-0.2, -0.15) is 0 Å². The molecule has 0 aliphatic heterocycles. The molecule has 0 aromatic heterocycles. The SMILES string of the molecule is N.O=C(O)C(=O)O.[H-].[K+].[O]=[Mn](=[O])(=[O])[OH]. The van der Waals surface area contributed by atoms with E-state index < -0.39 is 24.9 Å². The molecule has 0 aliphatic rings. The van der Waals surface area contributed by atoms with Crippen LogP contribution in [0.3, 0.4) is 0 Å². The molecular formula is C2H7KMnNO8. The minimum absolute atomic E-state index is 0. The first-order valence-corrected chi connectivity index (χ1v) is 3.71. The maximum absolute atomic E-state index is 9.10. The zero-order valence-corrected chi connectivity index (χ0v) is 10.8. The molecule has 0 atom stereocenters. The molecule has 0 saturated heterocycles. The molecule has 13 heavy (non-hydrogen) atoms. The van der Waals surface area contributed by atoms with Crippen molar-refractivity contribution in [2.75, 3.05) is 0 Å². The third-order valence-corrected chi connectivity index (χ3v) is 0.183. The minimum atomic E-state index is -5.38. The van der Waals surface area contributed by atoms with E-state index in [2.05, 4.69) is 0 Å². The van der Waals surface area contributed by atoms with E-state index in [1.807, 2.05) is 0 Å². The van der Waals surface area contributed by atoms with Gasteiger partial charge in [0.05, 0.1) is 0 Å². The van der Waals surface area contributed by atoms with Crippen LogP contribution < -0.4 is 57.5 Å². The predicted octanol–water partition coefficient (Wildman–Crippen LogP) is -4.48. The normalized spacial score (nSPS) is 7.77. The van der Waals surface area contributed by atoms with Crippen LogP contribution in [-0.4, -0.2) is 26.3 Å². The van der Waals surface area contributed by atoms with Gasteiger partial charge in [-0.3, -0.25) is 0 Å². The zero-order valence-electron chi connectivity index (χ0n) is 7.47. The first-order valence-electron chi connectivity index (χ1n) is 1.74. The van der Waals surface area contributed by atoms with E-state index >= 15 is 0 Å². The van der Waals surface area contributed by atoms with Crippen LogP contribution in [0.15, 0.2) is 0 Å². The Kier molecular flexibility index (Phi) is 18.8. The van der Waals surface area contributed by atoms with Crippen LogP contribution in [0.2, 0.25) is 0 Å². The topological polar surface area (TPSA) is 181 Å². The van der Waals surface area contributed by atoms with E-state index in [0.717, 1.165) is 0 Å². The molecule has 0 spiro atoms. The molecule has 9 nitrogen and oxygen atoms in total. The summed E-state index contributed by atoms with van der Waals surface area (Å²) in [6, 6.07) is 0. The number of carboxylic acid groups (broad SMARTS) is 2. The van der Waals surface area contributed by atoms with E-state index in [0.29, 0.717) is 0 Å². The molecule has 0 rings (SSSR count). The predicted molar refractivity (Wildman–Crippen MR) is 25.7 cm³/mol. The third kappa shape index (κ3) is 69.1. The molecule has 11 heteroatoms. The Hall–Kier alpha value is 0.416. The summed E-state index contributed by atoms with van der Waals surface area (Å²) in [6.07, 6.45) is 0. The molecule has 0 heterocycles. The number of rotatable bonds is 0. The number of aliphatic carboxylic acids is 2. The second-order valence-corrected chi connectivity index (χ2v) is 2.24. The van der Waals surface area contributed by atoms with Crippen molar-refractivity contribution < 1.29 is 101 Å². The van der Waals surface area contributed by atoms with Gasteiger partial charge in [-0.25, -0.2) is 9.59 Å². The van der Waals surface area contributed by atoms with Gasteiger partial charge in [-0.1, -0.05) is 0 Å². The van der Waals surface area contributed by atoms with Crippen molar-refractivity contribution in [2.24, 2.45) is 0 Å². The van der Waals surface area contributed by atoms with Gasteiger partial charge in [0, 0.05) is 0 Å².